The topological polar surface area (TPSA) is 82.3 Å². The van der Waals surface area contributed by atoms with Gasteiger partial charge in [-0.3, -0.25) is 9.69 Å². The zero-order valence-corrected chi connectivity index (χ0v) is 20.3. The first-order valence-corrected chi connectivity index (χ1v) is 11.1. The number of nitrogens with zero attached hydrogens (tertiary/aromatic N) is 2. The Morgan fingerprint density at radius 2 is 1.88 bits per heavy atom. The molecule has 0 bridgehead atoms. The van der Waals surface area contributed by atoms with E-state index in [1.807, 2.05) is 24.4 Å². The molecule has 178 valence electrons. The molecular formula is C24H31Cl2N5O2. The maximum atomic E-state index is 12.7. The average molecular weight is 492 g/mol. The normalized spacial score (nSPS) is 19.0. The fourth-order valence-corrected chi connectivity index (χ4v) is 4.58. The van der Waals surface area contributed by atoms with Crippen LogP contribution in [0, 0.1) is 0 Å². The van der Waals surface area contributed by atoms with Crippen molar-refractivity contribution in [3.05, 3.63) is 53.9 Å². The molecule has 7 nitrogen and oxygen atoms in total. The molecule has 0 unspecified atom stereocenters. The number of piperidine rings is 1. The molecule has 3 N–H and O–H groups in total. The molecule has 0 saturated carbocycles. The summed E-state index contributed by atoms with van der Waals surface area (Å²) in [6.45, 7) is 3.10. The van der Waals surface area contributed by atoms with Crippen molar-refractivity contribution in [3.8, 4) is 5.75 Å². The Labute approximate surface area is 206 Å². The van der Waals surface area contributed by atoms with Gasteiger partial charge in [-0.2, -0.15) is 0 Å². The number of carbonyl (C=O) groups is 1. The van der Waals surface area contributed by atoms with Crippen LogP contribution in [0.2, 0.25) is 0 Å². The van der Waals surface area contributed by atoms with E-state index in [0.717, 1.165) is 55.5 Å². The number of likely N-dealkylation sites (tertiary alicyclic amines) is 1. The Morgan fingerprint density at radius 3 is 2.58 bits per heavy atom. The number of fused-ring (bicyclic) bond motifs is 1. The summed E-state index contributed by atoms with van der Waals surface area (Å²) in [5.74, 6) is 1.17. The fourth-order valence-electron chi connectivity index (χ4n) is 4.58. The van der Waals surface area contributed by atoms with Crippen LogP contribution in [0.15, 0.2) is 42.6 Å². The van der Waals surface area contributed by atoms with Crippen molar-refractivity contribution in [2.24, 2.45) is 0 Å². The van der Waals surface area contributed by atoms with Crippen LogP contribution in [-0.2, 0) is 0 Å². The molecule has 3 aromatic rings. The zero-order chi connectivity index (χ0) is 21.2. The minimum atomic E-state index is -0.178. The number of pyridine rings is 1. The quantitative estimate of drug-likeness (QED) is 0.487. The lowest BCUT2D eigenvalue weighted by atomic mass is 10.1. The molecule has 1 amide bonds. The summed E-state index contributed by atoms with van der Waals surface area (Å²) in [4.78, 5) is 23.0. The molecule has 33 heavy (non-hydrogen) atoms. The number of H-pyrrole nitrogens is 1. The molecule has 0 radical (unpaired) electrons. The van der Waals surface area contributed by atoms with Gasteiger partial charge in [-0.05, 0) is 82.7 Å². The molecule has 2 fully saturated rings. The first-order valence-electron chi connectivity index (χ1n) is 11.1. The van der Waals surface area contributed by atoms with Gasteiger partial charge in [-0.15, -0.1) is 24.8 Å². The number of carbonyl (C=O) groups excluding carboxylic acids is 1. The first kappa shape index (κ1) is 25.3. The average Bonchev–Trinajstić information content (AvgIpc) is 3.40. The number of rotatable bonds is 5. The third-order valence-electron chi connectivity index (χ3n) is 6.35. The SMILES string of the molecule is CN1CCC[C@@H]1c1cc2cnc(NC(=O)c3ccc(OC4CCNCC4)cc3)cc2[nH]1.Cl.Cl. The summed E-state index contributed by atoms with van der Waals surface area (Å²) in [5, 5.41) is 7.30. The van der Waals surface area contributed by atoms with Gasteiger partial charge in [0.05, 0.1) is 5.52 Å². The molecular weight excluding hydrogens is 461 g/mol. The van der Waals surface area contributed by atoms with E-state index in [9.17, 15) is 4.79 Å². The minimum absolute atomic E-state index is 0. The van der Waals surface area contributed by atoms with Crippen molar-refractivity contribution in [2.75, 3.05) is 32.0 Å². The Bertz CT molecular complexity index is 1070. The molecule has 2 saturated heterocycles. The maximum absolute atomic E-state index is 12.7. The number of anilines is 1. The number of hydrogen-bond acceptors (Lipinski definition) is 5. The van der Waals surface area contributed by atoms with Crippen LogP contribution < -0.4 is 15.4 Å². The molecule has 2 aromatic heterocycles. The number of halogens is 2. The highest BCUT2D eigenvalue weighted by Crippen LogP contribution is 2.32. The molecule has 0 spiro atoms. The van der Waals surface area contributed by atoms with E-state index in [1.54, 1.807) is 12.1 Å². The fraction of sp³-hybridized carbons (Fsp3) is 0.417. The number of benzene rings is 1. The van der Waals surface area contributed by atoms with E-state index in [4.69, 9.17) is 4.74 Å². The van der Waals surface area contributed by atoms with Crippen molar-refractivity contribution in [3.63, 3.8) is 0 Å². The molecule has 4 heterocycles. The smallest absolute Gasteiger partial charge is 0.256 e. The van der Waals surface area contributed by atoms with Crippen molar-refractivity contribution in [2.45, 2.75) is 37.8 Å². The summed E-state index contributed by atoms with van der Waals surface area (Å²) < 4.78 is 6.02. The lowest BCUT2D eigenvalue weighted by Gasteiger charge is -2.23. The van der Waals surface area contributed by atoms with Gasteiger partial charge >= 0.3 is 0 Å². The second kappa shape index (κ2) is 11.2. The standard InChI is InChI=1S/C24H29N5O2.2ClH/c1-29-12-2-3-22(29)21-13-17-15-26-23(14-20(17)27-21)28-24(30)16-4-6-18(7-5-16)31-19-8-10-25-11-9-19;;/h4-7,13-15,19,22,25,27H,2-3,8-12H2,1H3,(H,26,28,30);2*1H/t22-;;/m1../s1. The van der Waals surface area contributed by atoms with Crippen molar-refractivity contribution in [1.29, 1.82) is 0 Å². The second-order valence-electron chi connectivity index (χ2n) is 8.57. The maximum Gasteiger partial charge on any atom is 0.256 e. The van der Waals surface area contributed by atoms with Crippen LogP contribution in [0.1, 0.15) is 47.8 Å². The lowest BCUT2D eigenvalue weighted by Crippen LogP contribution is -2.34. The Kier molecular flexibility index (Phi) is 8.59. The summed E-state index contributed by atoms with van der Waals surface area (Å²) in [6, 6.07) is 11.8. The molecule has 1 aromatic carbocycles. The van der Waals surface area contributed by atoms with E-state index in [0.29, 0.717) is 17.4 Å². The van der Waals surface area contributed by atoms with Gasteiger partial charge < -0.3 is 20.4 Å². The van der Waals surface area contributed by atoms with Gasteiger partial charge in [-0.1, -0.05) is 0 Å². The number of nitrogens with one attached hydrogen (secondary N) is 3. The van der Waals surface area contributed by atoms with Gasteiger partial charge in [0.25, 0.3) is 5.91 Å². The largest absolute Gasteiger partial charge is 0.490 e. The molecule has 2 aliphatic rings. The Hall–Kier alpha value is -2.32. The van der Waals surface area contributed by atoms with Crippen molar-refractivity contribution < 1.29 is 9.53 Å². The highest BCUT2D eigenvalue weighted by Gasteiger charge is 2.24. The van der Waals surface area contributed by atoms with E-state index in [2.05, 4.69) is 38.6 Å². The second-order valence-corrected chi connectivity index (χ2v) is 8.57. The van der Waals surface area contributed by atoms with Crippen LogP contribution in [0.3, 0.4) is 0 Å². The van der Waals surface area contributed by atoms with Crippen LogP contribution in [0.4, 0.5) is 5.82 Å². The number of hydrogen-bond donors (Lipinski definition) is 3. The van der Waals surface area contributed by atoms with Gasteiger partial charge in [0.1, 0.15) is 17.7 Å². The third-order valence-corrected chi connectivity index (χ3v) is 6.35. The Balaban J connectivity index is 0.00000153. The van der Waals surface area contributed by atoms with Crippen LogP contribution in [0.5, 0.6) is 5.75 Å². The number of aromatic nitrogens is 2. The summed E-state index contributed by atoms with van der Waals surface area (Å²) in [5.41, 5.74) is 2.79. The summed E-state index contributed by atoms with van der Waals surface area (Å²) in [7, 11) is 2.16. The van der Waals surface area contributed by atoms with Crippen LogP contribution >= 0.6 is 24.8 Å². The van der Waals surface area contributed by atoms with Crippen LogP contribution in [-0.4, -0.2) is 53.6 Å². The highest BCUT2D eigenvalue weighted by molar-refractivity contribution is 6.04. The minimum Gasteiger partial charge on any atom is -0.490 e. The van der Waals surface area contributed by atoms with Crippen molar-refractivity contribution in [1.82, 2.24) is 20.2 Å². The van der Waals surface area contributed by atoms with E-state index >= 15 is 0 Å². The summed E-state index contributed by atoms with van der Waals surface area (Å²) >= 11 is 0. The van der Waals surface area contributed by atoms with E-state index < -0.39 is 0 Å². The molecule has 9 heteroatoms. The van der Waals surface area contributed by atoms with Crippen LogP contribution in [0.25, 0.3) is 10.9 Å². The summed E-state index contributed by atoms with van der Waals surface area (Å²) in [6.07, 6.45) is 6.46. The van der Waals surface area contributed by atoms with E-state index in [1.165, 1.54) is 12.1 Å². The molecule has 5 rings (SSSR count). The monoisotopic (exact) mass is 491 g/mol. The molecule has 1 atom stereocenters. The number of amides is 1. The third kappa shape index (κ3) is 5.79. The lowest BCUT2D eigenvalue weighted by molar-refractivity contribution is 0.102. The zero-order valence-electron chi connectivity index (χ0n) is 18.7. The number of ether oxygens (including phenoxy) is 1. The first-order chi connectivity index (χ1) is 15.2. The molecule has 2 aliphatic heterocycles. The predicted molar refractivity (Wildman–Crippen MR) is 136 cm³/mol. The Morgan fingerprint density at radius 1 is 1.12 bits per heavy atom. The van der Waals surface area contributed by atoms with E-state index in [-0.39, 0.29) is 36.8 Å². The van der Waals surface area contributed by atoms with Crippen molar-refractivity contribution >= 4 is 47.4 Å². The van der Waals surface area contributed by atoms with Gasteiger partial charge in [0.2, 0.25) is 0 Å². The highest BCUT2D eigenvalue weighted by atomic mass is 35.5. The predicted octanol–water partition coefficient (Wildman–Crippen LogP) is 4.56. The van der Waals surface area contributed by atoms with Gasteiger partial charge in [0.15, 0.2) is 0 Å². The van der Waals surface area contributed by atoms with Gasteiger partial charge in [0, 0.05) is 34.9 Å². The molecule has 0 aliphatic carbocycles. The number of aromatic amines is 1. The van der Waals surface area contributed by atoms with Gasteiger partial charge in [-0.25, -0.2) is 4.98 Å².